The third-order valence-corrected chi connectivity index (χ3v) is 8.54. The molecule has 1 saturated carbocycles. The van der Waals surface area contributed by atoms with E-state index >= 15 is 0 Å². The second-order valence-electron chi connectivity index (χ2n) is 9.74. The minimum atomic E-state index is -0.739. The number of amides is 1. The van der Waals surface area contributed by atoms with E-state index in [1.807, 2.05) is 13.8 Å². The number of quaternary nitrogens is 1. The van der Waals surface area contributed by atoms with Gasteiger partial charge < -0.3 is 14.7 Å². The van der Waals surface area contributed by atoms with Gasteiger partial charge in [0.1, 0.15) is 28.4 Å². The molecule has 204 valence electrons. The Kier molecular flexibility index (Phi) is 8.07. The Hall–Kier alpha value is -3.06. The van der Waals surface area contributed by atoms with Crippen molar-refractivity contribution in [1.82, 2.24) is 20.4 Å². The van der Waals surface area contributed by atoms with Gasteiger partial charge in [0.2, 0.25) is 17.2 Å². The molecule has 0 atom stereocenters. The van der Waals surface area contributed by atoms with Crippen LogP contribution in [-0.2, 0) is 20.7 Å². The maximum atomic E-state index is 14.0. The number of aromatic nitrogens is 2. The summed E-state index contributed by atoms with van der Waals surface area (Å²) in [5.41, 5.74) is -0.665. The van der Waals surface area contributed by atoms with E-state index in [0.717, 1.165) is 36.3 Å². The van der Waals surface area contributed by atoms with Crippen LogP contribution >= 0.6 is 11.3 Å². The number of nitrogens with two attached hydrogens (primary N) is 1. The van der Waals surface area contributed by atoms with E-state index in [-0.39, 0.29) is 33.9 Å². The van der Waals surface area contributed by atoms with E-state index in [1.165, 1.54) is 17.6 Å². The summed E-state index contributed by atoms with van der Waals surface area (Å²) in [5.74, 6) is -3.22. The number of ether oxygens (including phenoxy) is 1. The molecule has 1 aliphatic heterocycles. The predicted octanol–water partition coefficient (Wildman–Crippen LogP) is 2.41. The molecule has 0 spiro atoms. The molecule has 1 fully saturated rings. The first-order valence-corrected chi connectivity index (χ1v) is 13.2. The number of nitrogens with one attached hydrogen (secondary N) is 1. The molecule has 38 heavy (non-hydrogen) atoms. The van der Waals surface area contributed by atoms with E-state index in [9.17, 15) is 23.5 Å². The number of Topliss-reactive ketones (excluding diaryl/α,β-unsaturated/α-hetero) is 1. The van der Waals surface area contributed by atoms with Gasteiger partial charge in [-0.15, -0.1) is 10.2 Å². The summed E-state index contributed by atoms with van der Waals surface area (Å²) < 4.78 is 32.9. The zero-order valence-electron chi connectivity index (χ0n) is 21.8. The fourth-order valence-electron chi connectivity index (χ4n) is 5.01. The van der Waals surface area contributed by atoms with E-state index in [1.54, 1.807) is 19.1 Å². The third-order valence-electron chi connectivity index (χ3n) is 7.59. The number of likely N-dealkylation sites (N-methyl/N-ethyl adjacent to an activating group) is 1. The average Bonchev–Trinajstić information content (AvgIpc) is 3.37. The topological polar surface area (TPSA) is 121 Å². The molecule has 2 aromatic rings. The van der Waals surface area contributed by atoms with Crippen molar-refractivity contribution < 1.29 is 33.5 Å². The van der Waals surface area contributed by atoms with E-state index in [2.05, 4.69) is 15.5 Å². The van der Waals surface area contributed by atoms with Crippen molar-refractivity contribution in [2.45, 2.75) is 57.2 Å². The zero-order chi connectivity index (χ0) is 27.7. The van der Waals surface area contributed by atoms with Crippen molar-refractivity contribution in [1.29, 1.82) is 0 Å². The second kappa shape index (κ2) is 11.0. The summed E-state index contributed by atoms with van der Waals surface area (Å²) in [7, 11) is 3.49. The number of benzene rings is 1. The molecular formula is C26H32F2N5O4S+. The molecule has 2 aliphatic rings. The molecule has 0 saturated heterocycles. The Labute approximate surface area is 223 Å². The predicted molar refractivity (Wildman–Crippen MR) is 137 cm³/mol. The highest BCUT2D eigenvalue weighted by Crippen LogP contribution is 2.39. The smallest absolute Gasteiger partial charge is 0.313 e. The normalized spacial score (nSPS) is 23.9. The monoisotopic (exact) mass is 548 g/mol. The van der Waals surface area contributed by atoms with Gasteiger partial charge in [-0.1, -0.05) is 17.4 Å². The standard InChI is InChI=1S/C26H31F2N5O4S/c1-5-33(26(29-3)10-8-25(2,37-4)9-11-26)24(36)20-22(35)21(34)17(14-30-20)23-32-31-19(38-23)12-15-6-7-16(27)13-18(15)28/h6-7,13-14,29,35H,5,8-12H2,1-4H3,(H,30,34)/p+1. The molecule has 9 nitrogen and oxygen atoms in total. The number of rotatable bonds is 8. The molecule has 0 unspecified atom stereocenters. The number of nitrogens with zero attached hydrogens (tertiary/aromatic N) is 3. The quantitative estimate of drug-likeness (QED) is 0.433. The van der Waals surface area contributed by atoms with Crippen LogP contribution in [-0.4, -0.2) is 63.9 Å². The first-order chi connectivity index (χ1) is 18.1. The molecule has 1 aromatic carbocycles. The van der Waals surface area contributed by atoms with Gasteiger partial charge >= 0.3 is 5.91 Å². The van der Waals surface area contributed by atoms with Crippen molar-refractivity contribution in [3.8, 4) is 0 Å². The van der Waals surface area contributed by atoms with Crippen molar-refractivity contribution in [2.24, 2.45) is 0 Å². The van der Waals surface area contributed by atoms with Crippen LogP contribution in [0.1, 0.15) is 55.1 Å². The zero-order valence-corrected chi connectivity index (χ0v) is 22.6. The van der Waals surface area contributed by atoms with E-state index in [0.29, 0.717) is 24.4 Å². The summed E-state index contributed by atoms with van der Waals surface area (Å²) in [4.78, 5) is 28.4. The van der Waals surface area contributed by atoms with Gasteiger partial charge in [0.25, 0.3) is 0 Å². The Morgan fingerprint density at radius 1 is 1.26 bits per heavy atom. The largest absolute Gasteiger partial charge is 0.500 e. The van der Waals surface area contributed by atoms with Crippen LogP contribution in [0.4, 0.5) is 8.78 Å². The maximum Gasteiger partial charge on any atom is 0.313 e. The van der Waals surface area contributed by atoms with Gasteiger partial charge in [-0.05, 0) is 58.2 Å². The van der Waals surface area contributed by atoms with Gasteiger partial charge in [0.15, 0.2) is 5.01 Å². The molecule has 12 heteroatoms. The number of methoxy groups -OCH3 is 1. The van der Waals surface area contributed by atoms with Gasteiger partial charge in [-0.2, -0.15) is 0 Å². The van der Waals surface area contributed by atoms with Gasteiger partial charge in [-0.25, -0.2) is 8.78 Å². The minimum Gasteiger partial charge on any atom is -0.500 e. The number of halogens is 2. The van der Waals surface area contributed by atoms with Crippen LogP contribution in [0, 0.1) is 11.6 Å². The number of carbonyl (C=O) groups is 2. The molecule has 1 amide bonds. The fraction of sp³-hybridized carbons (Fsp3) is 0.462. The van der Waals surface area contributed by atoms with E-state index in [4.69, 9.17) is 4.74 Å². The molecule has 0 radical (unpaired) electrons. The Morgan fingerprint density at radius 3 is 2.58 bits per heavy atom. The molecule has 0 bridgehead atoms. The Morgan fingerprint density at radius 2 is 1.97 bits per heavy atom. The average molecular weight is 549 g/mol. The fourth-order valence-corrected chi connectivity index (χ4v) is 5.90. The lowest BCUT2D eigenvalue weighted by Gasteiger charge is -2.49. The summed E-state index contributed by atoms with van der Waals surface area (Å²) in [6.07, 6.45) is 4.30. The lowest BCUT2D eigenvalue weighted by Crippen LogP contribution is -2.81. The van der Waals surface area contributed by atoms with Crippen LogP contribution in [0.3, 0.4) is 0 Å². The van der Waals surface area contributed by atoms with Crippen molar-refractivity contribution in [3.63, 3.8) is 0 Å². The highest BCUT2D eigenvalue weighted by Gasteiger charge is 2.47. The van der Waals surface area contributed by atoms with E-state index < -0.39 is 34.7 Å². The lowest BCUT2D eigenvalue weighted by molar-refractivity contribution is -0.531. The van der Waals surface area contributed by atoms with Crippen LogP contribution < -0.4 is 10.6 Å². The summed E-state index contributed by atoms with van der Waals surface area (Å²) in [6, 6.07) is 3.28. The molecular weight excluding hydrogens is 516 g/mol. The number of hydrogen-bond donors (Lipinski definition) is 3. The van der Waals surface area contributed by atoms with Crippen LogP contribution in [0.25, 0.3) is 5.57 Å². The lowest BCUT2D eigenvalue weighted by atomic mass is 9.78. The maximum absolute atomic E-state index is 14.0. The van der Waals surface area contributed by atoms with Crippen molar-refractivity contribution in [3.05, 3.63) is 63.1 Å². The number of carbonyl (C=O) groups excluding carboxylic acids is 2. The summed E-state index contributed by atoms with van der Waals surface area (Å²) >= 11 is 1.06. The first-order valence-electron chi connectivity index (χ1n) is 12.4. The minimum absolute atomic E-state index is 0.0696. The number of allylic oxidation sites excluding steroid dienone is 1. The van der Waals surface area contributed by atoms with Crippen molar-refractivity contribution in [2.75, 3.05) is 20.7 Å². The number of aliphatic hydroxyl groups is 1. The van der Waals surface area contributed by atoms with Crippen molar-refractivity contribution >= 4 is 28.6 Å². The van der Waals surface area contributed by atoms with Crippen LogP contribution in [0.15, 0.2) is 35.9 Å². The number of aliphatic hydroxyl groups excluding tert-OH is 1. The first kappa shape index (κ1) is 28.0. The molecule has 4 rings (SSSR count). The second-order valence-corrected chi connectivity index (χ2v) is 10.8. The number of hydrogen-bond acceptors (Lipinski definition) is 8. The SMILES string of the molecule is CCN(C(=O)C1=C(O)C(=O)C(c2nnc(Cc3ccc(F)cc3F)s2)=C[NH2+]1)C1(NC)CCC(C)(OC)CC1. The van der Waals surface area contributed by atoms with Gasteiger partial charge in [-0.3, -0.25) is 20.2 Å². The van der Waals surface area contributed by atoms with Gasteiger partial charge in [0, 0.05) is 26.1 Å². The summed E-state index contributed by atoms with van der Waals surface area (Å²) in [5, 5.41) is 24.2. The summed E-state index contributed by atoms with van der Waals surface area (Å²) in [6.45, 7) is 4.28. The molecule has 1 aromatic heterocycles. The van der Waals surface area contributed by atoms with Gasteiger partial charge in [0.05, 0.1) is 11.3 Å². The number of ketones is 1. The highest BCUT2D eigenvalue weighted by molar-refractivity contribution is 7.12. The van der Waals surface area contributed by atoms with Crippen LogP contribution in [0.5, 0.6) is 0 Å². The highest BCUT2D eigenvalue weighted by atomic mass is 32.1. The molecule has 4 N–H and O–H groups in total. The Bertz CT molecular complexity index is 1300. The van der Waals surface area contributed by atoms with Crippen LogP contribution in [0.2, 0.25) is 0 Å². The molecule has 1 aliphatic carbocycles. The molecule has 2 heterocycles. The third kappa shape index (κ3) is 5.26. The Balaban J connectivity index is 1.52.